The monoisotopic (exact) mass is 188 g/mol. The van der Waals surface area contributed by atoms with Gasteiger partial charge >= 0.3 is 0 Å². The van der Waals surface area contributed by atoms with Crippen LogP contribution in [0.25, 0.3) is 5.82 Å². The molecule has 14 heavy (non-hydrogen) atoms. The SMILES string of the molecule is Cc1ccn(-c2cc(=O)c(C)c[nH]2)c1. The molecule has 2 aromatic heterocycles. The minimum atomic E-state index is 0.0603. The van der Waals surface area contributed by atoms with Crippen molar-refractivity contribution < 1.29 is 0 Å². The Labute approximate surface area is 82.0 Å². The summed E-state index contributed by atoms with van der Waals surface area (Å²) in [5.41, 5.74) is 1.97. The fourth-order valence-corrected chi connectivity index (χ4v) is 1.34. The fraction of sp³-hybridized carbons (Fsp3) is 0.182. The summed E-state index contributed by atoms with van der Waals surface area (Å²) in [4.78, 5) is 14.5. The Hall–Kier alpha value is -1.77. The summed E-state index contributed by atoms with van der Waals surface area (Å²) >= 11 is 0. The molecule has 2 heterocycles. The van der Waals surface area contributed by atoms with Crippen LogP contribution in [0.3, 0.4) is 0 Å². The van der Waals surface area contributed by atoms with Gasteiger partial charge in [0.15, 0.2) is 5.43 Å². The Kier molecular flexibility index (Phi) is 2.00. The standard InChI is InChI=1S/C11H12N2O/c1-8-3-4-13(7-8)11-5-10(14)9(2)6-12-11/h3-7H,1-2H3,(H,12,14). The number of nitrogens with one attached hydrogen (secondary N) is 1. The van der Waals surface area contributed by atoms with Crippen molar-refractivity contribution in [2.24, 2.45) is 0 Å². The molecule has 0 spiro atoms. The third kappa shape index (κ3) is 1.48. The summed E-state index contributed by atoms with van der Waals surface area (Å²) in [6, 6.07) is 3.60. The first-order valence-electron chi connectivity index (χ1n) is 4.51. The van der Waals surface area contributed by atoms with Gasteiger partial charge in [-0.1, -0.05) is 0 Å². The van der Waals surface area contributed by atoms with Crippen molar-refractivity contribution in [1.82, 2.24) is 9.55 Å². The summed E-state index contributed by atoms with van der Waals surface area (Å²) in [5.74, 6) is 0.800. The molecule has 0 aliphatic rings. The van der Waals surface area contributed by atoms with E-state index in [1.54, 1.807) is 19.2 Å². The maximum atomic E-state index is 11.4. The highest BCUT2D eigenvalue weighted by Gasteiger charge is 1.98. The second-order valence-corrected chi connectivity index (χ2v) is 3.46. The van der Waals surface area contributed by atoms with Gasteiger partial charge in [-0.05, 0) is 25.5 Å². The summed E-state index contributed by atoms with van der Waals surface area (Å²) in [6.45, 7) is 3.81. The molecule has 0 radical (unpaired) electrons. The molecule has 0 bridgehead atoms. The van der Waals surface area contributed by atoms with Crippen LogP contribution < -0.4 is 5.43 Å². The molecule has 2 aromatic rings. The van der Waals surface area contributed by atoms with E-state index in [1.165, 1.54) is 5.56 Å². The van der Waals surface area contributed by atoms with E-state index < -0.39 is 0 Å². The lowest BCUT2D eigenvalue weighted by atomic mass is 10.3. The van der Waals surface area contributed by atoms with Crippen LogP contribution in [-0.4, -0.2) is 9.55 Å². The molecule has 0 atom stereocenters. The molecule has 0 aromatic carbocycles. The quantitative estimate of drug-likeness (QED) is 0.727. The van der Waals surface area contributed by atoms with Crippen molar-refractivity contribution in [3.05, 3.63) is 52.1 Å². The maximum Gasteiger partial charge on any atom is 0.186 e. The predicted molar refractivity (Wildman–Crippen MR) is 55.9 cm³/mol. The third-order valence-corrected chi connectivity index (χ3v) is 2.21. The van der Waals surface area contributed by atoms with Gasteiger partial charge in [0.1, 0.15) is 5.82 Å². The lowest BCUT2D eigenvalue weighted by Crippen LogP contribution is -2.07. The highest BCUT2D eigenvalue weighted by molar-refractivity contribution is 5.27. The molecule has 0 saturated carbocycles. The van der Waals surface area contributed by atoms with Crippen LogP contribution in [0.5, 0.6) is 0 Å². The number of aromatic nitrogens is 2. The van der Waals surface area contributed by atoms with Gasteiger partial charge in [-0.3, -0.25) is 4.79 Å². The number of nitrogens with zero attached hydrogens (tertiary/aromatic N) is 1. The average Bonchev–Trinajstić information content (AvgIpc) is 2.57. The summed E-state index contributed by atoms with van der Waals surface area (Å²) < 4.78 is 1.90. The van der Waals surface area contributed by atoms with Crippen LogP contribution in [-0.2, 0) is 0 Å². The number of pyridine rings is 1. The van der Waals surface area contributed by atoms with Gasteiger partial charge in [0.2, 0.25) is 0 Å². The number of aryl methyl sites for hydroxylation is 2. The van der Waals surface area contributed by atoms with Crippen LogP contribution in [0.2, 0.25) is 0 Å². The first kappa shape index (κ1) is 8.81. The number of rotatable bonds is 1. The van der Waals surface area contributed by atoms with Gasteiger partial charge in [0.25, 0.3) is 0 Å². The van der Waals surface area contributed by atoms with Crippen molar-refractivity contribution in [3.8, 4) is 5.82 Å². The molecule has 0 amide bonds. The summed E-state index contributed by atoms with van der Waals surface area (Å²) in [7, 11) is 0. The Morgan fingerprint density at radius 3 is 2.71 bits per heavy atom. The van der Waals surface area contributed by atoms with Crippen LogP contribution in [0.15, 0.2) is 35.5 Å². The second kappa shape index (κ2) is 3.18. The summed E-state index contributed by atoms with van der Waals surface area (Å²) in [5, 5.41) is 0. The van der Waals surface area contributed by atoms with Gasteiger partial charge in [-0.15, -0.1) is 0 Å². The van der Waals surface area contributed by atoms with Crippen molar-refractivity contribution in [1.29, 1.82) is 0 Å². The van der Waals surface area contributed by atoms with E-state index in [0.29, 0.717) is 0 Å². The molecule has 72 valence electrons. The molecular weight excluding hydrogens is 176 g/mol. The molecule has 2 rings (SSSR count). The molecule has 3 nitrogen and oxygen atoms in total. The van der Waals surface area contributed by atoms with Gasteiger partial charge < -0.3 is 9.55 Å². The first-order valence-corrected chi connectivity index (χ1v) is 4.51. The molecule has 0 fully saturated rings. The molecular formula is C11H12N2O. The number of H-pyrrole nitrogens is 1. The molecule has 0 saturated heterocycles. The third-order valence-electron chi connectivity index (χ3n) is 2.21. The number of hydrogen-bond donors (Lipinski definition) is 1. The van der Waals surface area contributed by atoms with E-state index in [1.807, 2.05) is 30.0 Å². The van der Waals surface area contributed by atoms with E-state index in [4.69, 9.17) is 0 Å². The lowest BCUT2D eigenvalue weighted by molar-refractivity contribution is 0.993. The van der Waals surface area contributed by atoms with Gasteiger partial charge in [-0.25, -0.2) is 0 Å². The molecule has 0 unspecified atom stereocenters. The zero-order valence-electron chi connectivity index (χ0n) is 8.24. The molecule has 0 aliphatic carbocycles. The van der Waals surface area contributed by atoms with Gasteiger partial charge in [-0.2, -0.15) is 0 Å². The van der Waals surface area contributed by atoms with Crippen molar-refractivity contribution >= 4 is 0 Å². The van der Waals surface area contributed by atoms with Gasteiger partial charge in [0.05, 0.1) is 0 Å². The highest BCUT2D eigenvalue weighted by Crippen LogP contribution is 2.05. The Balaban J connectivity index is 2.53. The normalized spacial score (nSPS) is 10.4. The fourth-order valence-electron chi connectivity index (χ4n) is 1.34. The lowest BCUT2D eigenvalue weighted by Gasteiger charge is -2.02. The van der Waals surface area contributed by atoms with Crippen molar-refractivity contribution in [2.45, 2.75) is 13.8 Å². The predicted octanol–water partition coefficient (Wildman–Crippen LogP) is 1.78. The van der Waals surface area contributed by atoms with E-state index >= 15 is 0 Å². The van der Waals surface area contributed by atoms with Crippen molar-refractivity contribution in [3.63, 3.8) is 0 Å². The second-order valence-electron chi connectivity index (χ2n) is 3.46. The zero-order chi connectivity index (χ0) is 10.1. The van der Waals surface area contributed by atoms with Crippen LogP contribution in [0, 0.1) is 13.8 Å². The maximum absolute atomic E-state index is 11.4. The minimum Gasteiger partial charge on any atom is -0.347 e. The Bertz CT molecular complexity index is 508. The number of hydrogen-bond acceptors (Lipinski definition) is 1. The Morgan fingerprint density at radius 1 is 1.36 bits per heavy atom. The van der Waals surface area contributed by atoms with E-state index in [-0.39, 0.29) is 5.43 Å². The topological polar surface area (TPSA) is 37.8 Å². The smallest absolute Gasteiger partial charge is 0.186 e. The minimum absolute atomic E-state index is 0.0603. The van der Waals surface area contributed by atoms with Gasteiger partial charge in [0, 0.05) is 30.2 Å². The van der Waals surface area contributed by atoms with E-state index in [2.05, 4.69) is 4.98 Å². The number of aromatic amines is 1. The highest BCUT2D eigenvalue weighted by atomic mass is 16.1. The molecule has 1 N–H and O–H groups in total. The summed E-state index contributed by atoms with van der Waals surface area (Å²) in [6.07, 6.45) is 5.63. The molecule has 0 aliphatic heterocycles. The van der Waals surface area contributed by atoms with E-state index in [0.717, 1.165) is 11.4 Å². The first-order chi connectivity index (χ1) is 6.66. The van der Waals surface area contributed by atoms with Crippen LogP contribution >= 0.6 is 0 Å². The Morgan fingerprint density at radius 2 is 2.14 bits per heavy atom. The average molecular weight is 188 g/mol. The van der Waals surface area contributed by atoms with Crippen molar-refractivity contribution in [2.75, 3.05) is 0 Å². The van der Waals surface area contributed by atoms with Crippen LogP contribution in [0.1, 0.15) is 11.1 Å². The molecule has 3 heteroatoms. The zero-order valence-corrected chi connectivity index (χ0v) is 8.24. The largest absolute Gasteiger partial charge is 0.347 e. The van der Waals surface area contributed by atoms with E-state index in [9.17, 15) is 4.79 Å². The van der Waals surface area contributed by atoms with Crippen LogP contribution in [0.4, 0.5) is 0 Å².